The lowest BCUT2D eigenvalue weighted by Gasteiger charge is -2.16. The van der Waals surface area contributed by atoms with Crippen LogP contribution in [-0.4, -0.2) is 30.0 Å². The van der Waals surface area contributed by atoms with Crippen LogP contribution in [0.15, 0.2) is 60.3 Å². The standard InChI is InChI=1S/C25H23IN2O4/c1-3-28-24(29)21(27-25(28)30)13-16-12-20(26)23(22(14-16)31-4-2)32-15-18-10-7-9-17-8-5-6-11-19(17)18/h5-14H,3-4,15H2,1-2H3,(H,27,30)/b21-13+. The van der Waals surface area contributed by atoms with E-state index >= 15 is 0 Å². The van der Waals surface area contributed by atoms with E-state index in [4.69, 9.17) is 9.47 Å². The summed E-state index contributed by atoms with van der Waals surface area (Å²) >= 11 is 2.20. The normalized spacial score (nSPS) is 14.8. The molecule has 164 valence electrons. The van der Waals surface area contributed by atoms with Crippen LogP contribution in [0, 0.1) is 3.57 Å². The third-order valence-electron chi connectivity index (χ3n) is 5.17. The Hall–Kier alpha value is -3.07. The van der Waals surface area contributed by atoms with Gasteiger partial charge in [0.05, 0.1) is 10.2 Å². The Kier molecular flexibility index (Phi) is 6.64. The van der Waals surface area contributed by atoms with E-state index in [2.05, 4.69) is 52.2 Å². The second kappa shape index (κ2) is 9.60. The van der Waals surface area contributed by atoms with Crippen LogP contribution in [0.5, 0.6) is 11.5 Å². The van der Waals surface area contributed by atoms with Gasteiger partial charge in [-0.15, -0.1) is 0 Å². The molecular weight excluding hydrogens is 519 g/mol. The largest absolute Gasteiger partial charge is 0.490 e. The lowest BCUT2D eigenvalue weighted by molar-refractivity contribution is -0.122. The van der Waals surface area contributed by atoms with Crippen molar-refractivity contribution in [1.82, 2.24) is 10.2 Å². The van der Waals surface area contributed by atoms with E-state index < -0.39 is 6.03 Å². The minimum Gasteiger partial charge on any atom is -0.490 e. The first kappa shape index (κ1) is 22.1. The highest BCUT2D eigenvalue weighted by Crippen LogP contribution is 2.36. The van der Waals surface area contributed by atoms with Gasteiger partial charge in [0, 0.05) is 6.54 Å². The smallest absolute Gasteiger partial charge is 0.328 e. The van der Waals surface area contributed by atoms with Gasteiger partial charge >= 0.3 is 6.03 Å². The highest BCUT2D eigenvalue weighted by molar-refractivity contribution is 14.1. The molecule has 1 aliphatic heterocycles. The lowest BCUT2D eigenvalue weighted by Crippen LogP contribution is -2.30. The van der Waals surface area contributed by atoms with Crippen molar-refractivity contribution in [1.29, 1.82) is 0 Å². The molecule has 0 radical (unpaired) electrons. The van der Waals surface area contributed by atoms with Crippen LogP contribution in [0.2, 0.25) is 0 Å². The number of carbonyl (C=O) groups is 2. The van der Waals surface area contributed by atoms with Gasteiger partial charge < -0.3 is 14.8 Å². The van der Waals surface area contributed by atoms with E-state index in [0.717, 1.165) is 20.1 Å². The van der Waals surface area contributed by atoms with Crippen LogP contribution >= 0.6 is 22.6 Å². The molecule has 6 nitrogen and oxygen atoms in total. The predicted octanol–water partition coefficient (Wildman–Crippen LogP) is 5.33. The molecule has 32 heavy (non-hydrogen) atoms. The summed E-state index contributed by atoms with van der Waals surface area (Å²) in [6.07, 6.45) is 1.66. The molecule has 3 aromatic rings. The first-order valence-corrected chi connectivity index (χ1v) is 11.5. The van der Waals surface area contributed by atoms with E-state index in [9.17, 15) is 9.59 Å². The second-order valence-electron chi connectivity index (χ2n) is 7.23. The Balaban J connectivity index is 1.63. The molecule has 0 saturated carbocycles. The Labute approximate surface area is 200 Å². The second-order valence-corrected chi connectivity index (χ2v) is 8.39. The predicted molar refractivity (Wildman–Crippen MR) is 133 cm³/mol. The summed E-state index contributed by atoms with van der Waals surface area (Å²) in [6, 6.07) is 17.7. The van der Waals surface area contributed by atoms with Crippen LogP contribution in [0.25, 0.3) is 16.8 Å². The zero-order valence-electron chi connectivity index (χ0n) is 17.9. The number of nitrogens with zero attached hydrogens (tertiary/aromatic N) is 1. The minimum absolute atomic E-state index is 0.250. The summed E-state index contributed by atoms with van der Waals surface area (Å²) in [7, 11) is 0. The number of hydrogen-bond donors (Lipinski definition) is 1. The average molecular weight is 542 g/mol. The van der Waals surface area contributed by atoms with E-state index in [0.29, 0.717) is 31.3 Å². The van der Waals surface area contributed by atoms with Crippen molar-refractivity contribution in [3.8, 4) is 11.5 Å². The van der Waals surface area contributed by atoms with E-state index in [1.54, 1.807) is 13.0 Å². The van der Waals surface area contributed by atoms with E-state index in [-0.39, 0.29) is 11.6 Å². The van der Waals surface area contributed by atoms with Crippen molar-refractivity contribution in [2.75, 3.05) is 13.2 Å². The number of amides is 3. The van der Waals surface area contributed by atoms with Crippen LogP contribution < -0.4 is 14.8 Å². The minimum atomic E-state index is -0.404. The molecule has 7 heteroatoms. The molecule has 4 rings (SSSR count). The third kappa shape index (κ3) is 4.43. The van der Waals surface area contributed by atoms with Gasteiger partial charge in [0.15, 0.2) is 11.5 Å². The maximum absolute atomic E-state index is 12.4. The van der Waals surface area contributed by atoms with Gasteiger partial charge in [-0.2, -0.15) is 0 Å². The maximum Gasteiger partial charge on any atom is 0.328 e. The molecule has 0 bridgehead atoms. The Bertz CT molecular complexity index is 1220. The lowest BCUT2D eigenvalue weighted by atomic mass is 10.1. The number of ether oxygens (including phenoxy) is 2. The maximum atomic E-state index is 12.4. The van der Waals surface area contributed by atoms with Gasteiger partial charge in [-0.1, -0.05) is 42.5 Å². The quantitative estimate of drug-likeness (QED) is 0.249. The summed E-state index contributed by atoms with van der Waals surface area (Å²) in [4.78, 5) is 25.5. The van der Waals surface area contributed by atoms with Crippen molar-refractivity contribution in [2.24, 2.45) is 0 Å². The number of nitrogens with one attached hydrogen (secondary N) is 1. The molecule has 0 aliphatic carbocycles. The number of likely N-dealkylation sites (N-methyl/N-ethyl adjacent to an activating group) is 1. The van der Waals surface area contributed by atoms with Crippen molar-refractivity contribution in [3.63, 3.8) is 0 Å². The van der Waals surface area contributed by atoms with Crippen molar-refractivity contribution in [3.05, 3.63) is 75.0 Å². The van der Waals surface area contributed by atoms with Crippen LogP contribution in [0.1, 0.15) is 25.0 Å². The highest BCUT2D eigenvalue weighted by atomic mass is 127. The fourth-order valence-corrected chi connectivity index (χ4v) is 4.45. The zero-order chi connectivity index (χ0) is 22.7. The van der Waals surface area contributed by atoms with E-state index in [1.165, 1.54) is 10.3 Å². The average Bonchev–Trinajstić information content (AvgIpc) is 3.05. The van der Waals surface area contributed by atoms with Gasteiger partial charge in [0.25, 0.3) is 5.91 Å². The zero-order valence-corrected chi connectivity index (χ0v) is 20.0. The fraction of sp³-hybridized carbons (Fsp3) is 0.200. The molecular formula is C25H23IN2O4. The number of halogens is 1. The number of fused-ring (bicyclic) bond motifs is 1. The third-order valence-corrected chi connectivity index (χ3v) is 5.97. The summed E-state index contributed by atoms with van der Waals surface area (Å²) in [5, 5.41) is 4.95. The molecule has 1 heterocycles. The molecule has 1 saturated heterocycles. The van der Waals surface area contributed by atoms with Gasteiger partial charge in [0.1, 0.15) is 12.3 Å². The number of urea groups is 1. The SMILES string of the molecule is CCOc1cc(/C=C2/NC(=O)N(CC)C2=O)cc(I)c1OCc1cccc2ccccc12. The molecule has 1 fully saturated rings. The summed E-state index contributed by atoms with van der Waals surface area (Å²) < 4.78 is 12.9. The first-order valence-electron chi connectivity index (χ1n) is 10.4. The fourth-order valence-electron chi connectivity index (χ4n) is 3.67. The van der Waals surface area contributed by atoms with Gasteiger partial charge in [-0.25, -0.2) is 4.79 Å². The molecule has 0 spiro atoms. The summed E-state index contributed by atoms with van der Waals surface area (Å²) in [6.45, 7) is 4.87. The molecule has 0 unspecified atom stereocenters. The number of rotatable bonds is 7. The first-order chi connectivity index (χ1) is 15.5. The highest BCUT2D eigenvalue weighted by Gasteiger charge is 2.32. The van der Waals surface area contributed by atoms with Crippen LogP contribution in [0.4, 0.5) is 4.79 Å². The molecule has 0 aromatic heterocycles. The number of hydrogen-bond acceptors (Lipinski definition) is 4. The van der Waals surface area contributed by atoms with Gasteiger partial charge in [-0.3, -0.25) is 9.69 Å². The Morgan fingerprint density at radius 3 is 2.56 bits per heavy atom. The van der Waals surface area contributed by atoms with Crippen molar-refractivity contribution < 1.29 is 19.1 Å². The molecule has 3 aromatic carbocycles. The Morgan fingerprint density at radius 2 is 1.81 bits per heavy atom. The number of imide groups is 1. The van der Waals surface area contributed by atoms with Crippen LogP contribution in [0.3, 0.4) is 0 Å². The molecule has 1 N–H and O–H groups in total. The molecule has 0 atom stereocenters. The van der Waals surface area contributed by atoms with Crippen molar-refractivity contribution >= 4 is 51.4 Å². The molecule has 1 aliphatic rings. The summed E-state index contributed by atoms with van der Waals surface area (Å²) in [5.41, 5.74) is 2.09. The monoisotopic (exact) mass is 542 g/mol. The number of benzene rings is 3. The summed E-state index contributed by atoms with van der Waals surface area (Å²) in [5.74, 6) is 0.914. The van der Waals surface area contributed by atoms with Gasteiger partial charge in [-0.05, 0) is 76.5 Å². The van der Waals surface area contributed by atoms with Crippen molar-refractivity contribution in [2.45, 2.75) is 20.5 Å². The van der Waals surface area contributed by atoms with Crippen LogP contribution in [-0.2, 0) is 11.4 Å². The topological polar surface area (TPSA) is 67.9 Å². The molecule has 3 amide bonds. The van der Waals surface area contributed by atoms with Gasteiger partial charge in [0.2, 0.25) is 0 Å². The Morgan fingerprint density at radius 1 is 1.03 bits per heavy atom. The number of carbonyl (C=O) groups excluding carboxylic acids is 2. The van der Waals surface area contributed by atoms with E-state index in [1.807, 2.05) is 37.3 Å².